The second-order valence-electron chi connectivity index (χ2n) is 5.25. The van der Waals surface area contributed by atoms with E-state index in [1.54, 1.807) is 0 Å². The van der Waals surface area contributed by atoms with Crippen molar-refractivity contribution in [3.8, 4) is 0 Å². The van der Waals surface area contributed by atoms with Crippen LogP contribution in [0.25, 0.3) is 0 Å². The zero-order valence-corrected chi connectivity index (χ0v) is 10.6. The van der Waals surface area contributed by atoms with Crippen molar-refractivity contribution in [1.29, 1.82) is 0 Å². The van der Waals surface area contributed by atoms with Gasteiger partial charge in [0, 0.05) is 16.2 Å². The predicted molar refractivity (Wildman–Crippen MR) is 66.9 cm³/mol. The van der Waals surface area contributed by atoms with Crippen molar-refractivity contribution in [3.05, 3.63) is 28.3 Å². The maximum Gasteiger partial charge on any atom is 0.0455 e. The smallest absolute Gasteiger partial charge is 0.0455 e. The molecule has 0 saturated carbocycles. The molecule has 0 spiro atoms. The van der Waals surface area contributed by atoms with Crippen LogP contribution in [0.3, 0.4) is 0 Å². The maximum absolute atomic E-state index is 6.15. The highest BCUT2D eigenvalue weighted by Gasteiger charge is 2.30. The summed E-state index contributed by atoms with van der Waals surface area (Å²) in [4.78, 5) is 0. The molecule has 0 aliphatic carbocycles. The predicted octanol–water partition coefficient (Wildman–Crippen LogP) is 4.35. The van der Waals surface area contributed by atoms with Crippen LogP contribution in [0, 0.1) is 6.92 Å². The van der Waals surface area contributed by atoms with Gasteiger partial charge < -0.3 is 5.32 Å². The molecule has 1 aromatic rings. The van der Waals surface area contributed by atoms with Crippen molar-refractivity contribution in [1.82, 2.24) is 0 Å². The van der Waals surface area contributed by atoms with Crippen LogP contribution >= 0.6 is 11.6 Å². The quantitative estimate of drug-likeness (QED) is 0.690. The maximum atomic E-state index is 6.15. The van der Waals surface area contributed by atoms with Crippen LogP contribution in [0.1, 0.15) is 44.2 Å². The van der Waals surface area contributed by atoms with E-state index in [1.807, 2.05) is 6.07 Å². The molecule has 0 bridgehead atoms. The van der Waals surface area contributed by atoms with Crippen molar-refractivity contribution in [2.75, 3.05) is 5.32 Å². The van der Waals surface area contributed by atoms with Gasteiger partial charge in [-0.1, -0.05) is 24.6 Å². The Labute approximate surface area is 96.8 Å². The van der Waals surface area contributed by atoms with E-state index < -0.39 is 0 Å². The SMILES string of the molecule is Cc1c(Cl)ccc2c1NC(C)(C)CC2C. The van der Waals surface area contributed by atoms with Gasteiger partial charge in [-0.05, 0) is 50.3 Å². The number of fused-ring (bicyclic) bond motifs is 1. The molecular formula is C13H18ClN. The van der Waals surface area contributed by atoms with Gasteiger partial charge >= 0.3 is 0 Å². The van der Waals surface area contributed by atoms with Gasteiger partial charge in [0.15, 0.2) is 0 Å². The van der Waals surface area contributed by atoms with Crippen LogP contribution in [-0.2, 0) is 0 Å². The molecule has 1 nitrogen and oxygen atoms in total. The lowest BCUT2D eigenvalue weighted by Gasteiger charge is -2.38. The molecule has 2 heteroatoms. The molecular weight excluding hydrogens is 206 g/mol. The third kappa shape index (κ3) is 1.85. The second kappa shape index (κ2) is 3.41. The molecule has 1 atom stereocenters. The third-order valence-corrected chi connectivity index (χ3v) is 3.65. The first-order valence-corrected chi connectivity index (χ1v) is 5.86. The van der Waals surface area contributed by atoms with Crippen LogP contribution in [0.15, 0.2) is 12.1 Å². The number of anilines is 1. The Balaban J connectivity index is 2.56. The molecule has 1 aromatic carbocycles. The Morgan fingerprint density at radius 1 is 1.40 bits per heavy atom. The minimum atomic E-state index is 0.169. The summed E-state index contributed by atoms with van der Waals surface area (Å²) in [5.74, 6) is 0.604. The summed E-state index contributed by atoms with van der Waals surface area (Å²) in [5.41, 5.74) is 3.98. The van der Waals surface area contributed by atoms with E-state index >= 15 is 0 Å². The monoisotopic (exact) mass is 223 g/mol. The van der Waals surface area contributed by atoms with Gasteiger partial charge in [0.05, 0.1) is 0 Å². The highest BCUT2D eigenvalue weighted by Crippen LogP contribution is 2.41. The van der Waals surface area contributed by atoms with E-state index in [9.17, 15) is 0 Å². The Bertz CT molecular complexity index is 396. The molecule has 1 aliphatic rings. The first-order chi connectivity index (χ1) is 6.91. The molecule has 0 radical (unpaired) electrons. The molecule has 82 valence electrons. The molecule has 0 saturated heterocycles. The zero-order valence-electron chi connectivity index (χ0n) is 9.82. The first-order valence-electron chi connectivity index (χ1n) is 5.48. The summed E-state index contributed by atoms with van der Waals surface area (Å²) in [6, 6.07) is 4.16. The molecule has 1 N–H and O–H groups in total. The topological polar surface area (TPSA) is 12.0 Å². The zero-order chi connectivity index (χ0) is 11.2. The lowest BCUT2D eigenvalue weighted by atomic mass is 9.81. The second-order valence-corrected chi connectivity index (χ2v) is 5.66. The van der Waals surface area contributed by atoms with Gasteiger partial charge in [-0.15, -0.1) is 0 Å². The van der Waals surface area contributed by atoms with E-state index in [2.05, 4.69) is 39.1 Å². The highest BCUT2D eigenvalue weighted by atomic mass is 35.5. The van der Waals surface area contributed by atoms with Crippen LogP contribution in [0.5, 0.6) is 0 Å². The number of hydrogen-bond acceptors (Lipinski definition) is 1. The summed E-state index contributed by atoms with van der Waals surface area (Å²) in [5, 5.41) is 4.44. The van der Waals surface area contributed by atoms with Crippen molar-refractivity contribution >= 4 is 17.3 Å². The number of rotatable bonds is 0. The van der Waals surface area contributed by atoms with E-state index in [-0.39, 0.29) is 5.54 Å². The fourth-order valence-corrected chi connectivity index (χ4v) is 2.71. The Kier molecular flexibility index (Phi) is 2.46. The fraction of sp³-hybridized carbons (Fsp3) is 0.538. The van der Waals surface area contributed by atoms with Gasteiger partial charge in [-0.25, -0.2) is 0 Å². The molecule has 1 heterocycles. The summed E-state index contributed by atoms with van der Waals surface area (Å²) >= 11 is 6.15. The Morgan fingerprint density at radius 2 is 2.07 bits per heavy atom. The molecule has 15 heavy (non-hydrogen) atoms. The third-order valence-electron chi connectivity index (χ3n) is 3.24. The minimum absolute atomic E-state index is 0.169. The first kappa shape index (κ1) is 10.8. The van der Waals surface area contributed by atoms with Crippen LogP contribution in [0.4, 0.5) is 5.69 Å². The number of nitrogens with one attached hydrogen (secondary N) is 1. The molecule has 0 fully saturated rings. The van der Waals surface area contributed by atoms with E-state index in [1.165, 1.54) is 23.2 Å². The standard InChI is InChI=1S/C13H18ClN/c1-8-7-13(3,4)15-12-9(2)11(14)6-5-10(8)12/h5-6,8,15H,7H2,1-4H3. The molecule has 2 rings (SSSR count). The molecule has 1 unspecified atom stereocenters. The minimum Gasteiger partial charge on any atom is -0.380 e. The average Bonchev–Trinajstić information content (AvgIpc) is 2.10. The van der Waals surface area contributed by atoms with E-state index in [4.69, 9.17) is 11.6 Å². The number of hydrogen-bond donors (Lipinski definition) is 1. The van der Waals surface area contributed by atoms with E-state index in [0.717, 1.165) is 5.02 Å². The fourth-order valence-electron chi connectivity index (χ4n) is 2.55. The summed E-state index contributed by atoms with van der Waals surface area (Å²) in [6.07, 6.45) is 1.17. The van der Waals surface area contributed by atoms with Gasteiger partial charge in [0.25, 0.3) is 0 Å². The lowest BCUT2D eigenvalue weighted by Crippen LogP contribution is -2.37. The van der Waals surface area contributed by atoms with Crippen LogP contribution in [0.2, 0.25) is 5.02 Å². The van der Waals surface area contributed by atoms with E-state index in [0.29, 0.717) is 5.92 Å². The summed E-state index contributed by atoms with van der Waals surface area (Å²) < 4.78 is 0. The summed E-state index contributed by atoms with van der Waals surface area (Å²) in [6.45, 7) is 8.86. The Morgan fingerprint density at radius 3 is 2.73 bits per heavy atom. The van der Waals surface area contributed by atoms with Crippen molar-refractivity contribution < 1.29 is 0 Å². The molecule has 1 aliphatic heterocycles. The lowest BCUT2D eigenvalue weighted by molar-refractivity contribution is 0.453. The highest BCUT2D eigenvalue weighted by molar-refractivity contribution is 6.31. The van der Waals surface area contributed by atoms with Gasteiger partial charge in [0.2, 0.25) is 0 Å². The van der Waals surface area contributed by atoms with Crippen LogP contribution in [-0.4, -0.2) is 5.54 Å². The van der Waals surface area contributed by atoms with Crippen molar-refractivity contribution in [3.63, 3.8) is 0 Å². The molecule has 0 amide bonds. The number of benzene rings is 1. The van der Waals surface area contributed by atoms with Gasteiger partial charge in [-0.2, -0.15) is 0 Å². The normalized spacial score (nSPS) is 23.1. The number of halogens is 1. The van der Waals surface area contributed by atoms with Crippen molar-refractivity contribution in [2.24, 2.45) is 0 Å². The van der Waals surface area contributed by atoms with Crippen LogP contribution < -0.4 is 5.32 Å². The van der Waals surface area contributed by atoms with Gasteiger partial charge in [0.1, 0.15) is 0 Å². The molecule has 0 aromatic heterocycles. The average molecular weight is 224 g/mol. The van der Waals surface area contributed by atoms with Crippen molar-refractivity contribution in [2.45, 2.75) is 45.6 Å². The Hall–Kier alpha value is -0.690. The largest absolute Gasteiger partial charge is 0.380 e. The summed E-state index contributed by atoms with van der Waals surface area (Å²) in [7, 11) is 0. The van der Waals surface area contributed by atoms with Gasteiger partial charge in [-0.3, -0.25) is 0 Å².